The molecule has 0 spiro atoms. The molecular formula is C12H32O6. The van der Waals surface area contributed by atoms with E-state index in [2.05, 4.69) is 41.5 Å². The van der Waals surface area contributed by atoms with E-state index in [-0.39, 0.29) is 7.43 Å². The van der Waals surface area contributed by atoms with Crippen LogP contribution in [0, 0.1) is 0 Å². The molecule has 0 unspecified atom stereocenters. The minimum absolute atomic E-state index is 0. The number of rotatable bonds is 0. The minimum atomic E-state index is -1.83. The lowest BCUT2D eigenvalue weighted by atomic mass is 10.6. The summed E-state index contributed by atoms with van der Waals surface area (Å²) < 4.78 is 0. The zero-order chi connectivity index (χ0) is 15.3. The van der Waals surface area contributed by atoms with Gasteiger partial charge in [-0.05, 0) is 0 Å². The third-order valence-corrected chi connectivity index (χ3v) is 0. The highest BCUT2D eigenvalue weighted by Crippen LogP contribution is 1.57. The molecule has 0 radical (unpaired) electrons. The second kappa shape index (κ2) is 57.8. The summed E-state index contributed by atoms with van der Waals surface area (Å²) in [7, 11) is 0. The third kappa shape index (κ3) is 1250. The maximum atomic E-state index is 8.56. The van der Waals surface area contributed by atoms with Gasteiger partial charge in [0.15, 0.2) is 0 Å². The summed E-state index contributed by atoms with van der Waals surface area (Å²) in [4.78, 5) is 17.1. The van der Waals surface area contributed by atoms with Gasteiger partial charge >= 0.3 is 12.3 Å². The Balaban J connectivity index is -0.0000000249. The lowest BCUT2D eigenvalue weighted by Gasteiger charge is -1.60. The van der Waals surface area contributed by atoms with E-state index in [1.54, 1.807) is 0 Å². The van der Waals surface area contributed by atoms with Gasteiger partial charge in [-0.2, -0.15) is 0 Å². The van der Waals surface area contributed by atoms with Crippen LogP contribution in [0.4, 0.5) is 9.59 Å². The van der Waals surface area contributed by atoms with Gasteiger partial charge in [0, 0.05) is 0 Å². The SMILES string of the molecule is C.CCC.CCC.CCC.O=C(O)O.O=C(O)O. The van der Waals surface area contributed by atoms with Crippen molar-refractivity contribution in [1.29, 1.82) is 0 Å². The Labute approximate surface area is 111 Å². The second-order valence-electron chi connectivity index (χ2n) is 2.69. The summed E-state index contributed by atoms with van der Waals surface area (Å²) in [6.07, 6.45) is 0.0833. The van der Waals surface area contributed by atoms with Gasteiger partial charge in [0.2, 0.25) is 0 Å². The van der Waals surface area contributed by atoms with Crippen molar-refractivity contribution in [3.05, 3.63) is 0 Å². The normalized spacial score (nSPS) is 5.67. The molecule has 0 atom stereocenters. The zero-order valence-corrected chi connectivity index (χ0v) is 11.7. The van der Waals surface area contributed by atoms with Crippen molar-refractivity contribution in [3.8, 4) is 0 Å². The monoisotopic (exact) mass is 272 g/mol. The Kier molecular flexibility index (Phi) is 115. The molecule has 116 valence electrons. The van der Waals surface area contributed by atoms with Crippen LogP contribution in [0.25, 0.3) is 0 Å². The van der Waals surface area contributed by atoms with E-state index < -0.39 is 12.3 Å². The molecule has 0 bridgehead atoms. The summed E-state index contributed by atoms with van der Waals surface area (Å²) in [6, 6.07) is 0. The minimum Gasteiger partial charge on any atom is -0.450 e. The molecule has 0 aromatic heterocycles. The molecule has 0 saturated heterocycles. The molecule has 6 nitrogen and oxygen atoms in total. The first kappa shape index (κ1) is 36.0. The van der Waals surface area contributed by atoms with Gasteiger partial charge in [-0.1, -0.05) is 68.2 Å². The van der Waals surface area contributed by atoms with Crippen molar-refractivity contribution >= 4 is 12.3 Å². The molecule has 0 aliphatic heterocycles. The van der Waals surface area contributed by atoms with Crippen LogP contribution in [0.1, 0.15) is 68.2 Å². The van der Waals surface area contributed by atoms with E-state index in [1.807, 2.05) is 0 Å². The fraction of sp³-hybridized carbons (Fsp3) is 0.833. The molecule has 0 aliphatic carbocycles. The van der Waals surface area contributed by atoms with Gasteiger partial charge in [-0.3, -0.25) is 0 Å². The fourth-order valence-corrected chi connectivity index (χ4v) is 0. The predicted molar refractivity (Wildman–Crippen MR) is 75.9 cm³/mol. The quantitative estimate of drug-likeness (QED) is 0.473. The summed E-state index contributed by atoms with van der Waals surface area (Å²) >= 11 is 0. The lowest BCUT2D eigenvalue weighted by molar-refractivity contribution is 0.135. The van der Waals surface area contributed by atoms with E-state index in [9.17, 15) is 0 Å². The van der Waals surface area contributed by atoms with Crippen molar-refractivity contribution in [2.24, 2.45) is 0 Å². The van der Waals surface area contributed by atoms with E-state index in [0.29, 0.717) is 0 Å². The van der Waals surface area contributed by atoms with E-state index >= 15 is 0 Å². The smallest absolute Gasteiger partial charge is 0.450 e. The summed E-state index contributed by atoms with van der Waals surface area (Å²) in [5.74, 6) is 0. The molecule has 0 aromatic rings. The van der Waals surface area contributed by atoms with E-state index in [1.165, 1.54) is 19.3 Å². The number of hydrogen-bond donors (Lipinski definition) is 4. The topological polar surface area (TPSA) is 115 Å². The van der Waals surface area contributed by atoms with Crippen LogP contribution in [0.5, 0.6) is 0 Å². The van der Waals surface area contributed by atoms with Crippen LogP contribution in [0.2, 0.25) is 0 Å². The average molecular weight is 272 g/mol. The summed E-state index contributed by atoms with van der Waals surface area (Å²) in [6.45, 7) is 12.8. The van der Waals surface area contributed by atoms with Gasteiger partial charge in [0.05, 0.1) is 0 Å². The standard InChI is InChI=1S/3C3H8.2CH2O3.CH4/c3*1-3-2;2*2-1(3)4;/h3*3H2,1-2H3;2*(H2,2,3,4);1H4. The van der Waals surface area contributed by atoms with Crippen molar-refractivity contribution in [1.82, 2.24) is 0 Å². The maximum Gasteiger partial charge on any atom is 0.503 e. The molecule has 0 rings (SSSR count). The molecule has 0 fully saturated rings. The molecule has 4 N–H and O–H groups in total. The predicted octanol–water partition coefficient (Wildman–Crippen LogP) is 5.33. The molecule has 18 heavy (non-hydrogen) atoms. The highest BCUT2D eigenvalue weighted by Gasteiger charge is 1.70. The lowest BCUT2D eigenvalue weighted by Crippen LogP contribution is -1.81. The third-order valence-electron chi connectivity index (χ3n) is 0. The first-order valence-electron chi connectivity index (χ1n) is 5.55. The molecule has 0 aromatic carbocycles. The van der Waals surface area contributed by atoms with Gasteiger partial charge in [-0.15, -0.1) is 0 Å². The van der Waals surface area contributed by atoms with Crippen LogP contribution in [0.15, 0.2) is 0 Å². The maximum absolute atomic E-state index is 8.56. The van der Waals surface area contributed by atoms with Crippen molar-refractivity contribution in [3.63, 3.8) is 0 Å². The van der Waals surface area contributed by atoms with E-state index in [0.717, 1.165) is 0 Å². The van der Waals surface area contributed by atoms with Crippen LogP contribution < -0.4 is 0 Å². The molecular weight excluding hydrogens is 240 g/mol. The average Bonchev–Trinajstić information content (AvgIpc) is 2.03. The van der Waals surface area contributed by atoms with Crippen LogP contribution in [0.3, 0.4) is 0 Å². The van der Waals surface area contributed by atoms with Gasteiger partial charge in [0.1, 0.15) is 0 Å². The fourth-order valence-electron chi connectivity index (χ4n) is 0. The molecule has 0 amide bonds. The van der Waals surface area contributed by atoms with Gasteiger partial charge in [0.25, 0.3) is 0 Å². The van der Waals surface area contributed by atoms with Gasteiger partial charge < -0.3 is 20.4 Å². The first-order chi connectivity index (χ1) is 7.71. The Hall–Kier alpha value is -1.46. The van der Waals surface area contributed by atoms with E-state index in [4.69, 9.17) is 30.0 Å². The summed E-state index contributed by atoms with van der Waals surface area (Å²) in [5.41, 5.74) is 0. The van der Waals surface area contributed by atoms with Crippen LogP contribution >= 0.6 is 0 Å². The second-order valence-corrected chi connectivity index (χ2v) is 2.69. The molecule has 0 heterocycles. The Morgan fingerprint density at radius 3 is 0.611 bits per heavy atom. The number of hydrogen-bond acceptors (Lipinski definition) is 2. The summed E-state index contributed by atoms with van der Waals surface area (Å²) in [5, 5.41) is 27.9. The van der Waals surface area contributed by atoms with Gasteiger partial charge in [-0.25, -0.2) is 9.59 Å². The highest BCUT2D eigenvalue weighted by molar-refractivity contribution is 5.53. The van der Waals surface area contributed by atoms with Crippen molar-refractivity contribution in [2.75, 3.05) is 0 Å². The number of carbonyl (C=O) groups is 2. The molecule has 0 saturated carbocycles. The number of carboxylic acid groups (broad SMARTS) is 4. The largest absolute Gasteiger partial charge is 0.503 e. The highest BCUT2D eigenvalue weighted by atomic mass is 16.6. The Bertz CT molecular complexity index is 101. The Morgan fingerprint density at radius 1 is 0.611 bits per heavy atom. The van der Waals surface area contributed by atoms with Crippen molar-refractivity contribution in [2.45, 2.75) is 68.2 Å². The first-order valence-corrected chi connectivity index (χ1v) is 5.55. The Morgan fingerprint density at radius 2 is 0.611 bits per heavy atom. The zero-order valence-electron chi connectivity index (χ0n) is 11.7. The molecule has 0 aliphatic rings. The van der Waals surface area contributed by atoms with Crippen LogP contribution in [-0.4, -0.2) is 32.7 Å². The molecule has 6 heteroatoms. The van der Waals surface area contributed by atoms with Crippen molar-refractivity contribution < 1.29 is 30.0 Å². The van der Waals surface area contributed by atoms with Crippen LogP contribution in [-0.2, 0) is 0 Å².